The molecule has 0 radical (unpaired) electrons. The molecule has 21 heavy (non-hydrogen) atoms. The summed E-state index contributed by atoms with van der Waals surface area (Å²) in [4.78, 5) is 18.2. The van der Waals surface area contributed by atoms with E-state index < -0.39 is 0 Å². The second-order valence-electron chi connectivity index (χ2n) is 5.37. The second kappa shape index (κ2) is 6.61. The maximum Gasteiger partial charge on any atom is 0.410 e. The van der Waals surface area contributed by atoms with Gasteiger partial charge in [0.05, 0.1) is 6.54 Å². The van der Waals surface area contributed by atoms with Gasteiger partial charge in [0.25, 0.3) is 0 Å². The maximum absolute atomic E-state index is 12.0. The summed E-state index contributed by atoms with van der Waals surface area (Å²) >= 11 is 0. The molecule has 3 rings (SSSR count). The van der Waals surface area contributed by atoms with Gasteiger partial charge in [-0.15, -0.1) is 0 Å². The molecule has 0 bridgehead atoms. The Labute approximate surface area is 124 Å². The largest absolute Gasteiger partial charge is 0.479 e. The number of aliphatic imine (C=N–C) groups is 1. The van der Waals surface area contributed by atoms with Crippen LogP contribution >= 0.6 is 0 Å². The van der Waals surface area contributed by atoms with Crippen LogP contribution in [0.1, 0.15) is 18.4 Å². The Hall–Kier alpha value is -2.04. The number of hydrogen-bond acceptors (Lipinski definition) is 4. The van der Waals surface area contributed by atoms with Crippen LogP contribution in [0, 0.1) is 5.92 Å². The SMILES string of the molecule is O=C(OCc1ccccc1)N1CCC(C2=NCCO2)CC1. The minimum absolute atomic E-state index is 0.230. The lowest BCUT2D eigenvalue weighted by atomic mass is 9.97. The number of piperidine rings is 1. The van der Waals surface area contributed by atoms with Crippen molar-refractivity contribution in [3.63, 3.8) is 0 Å². The zero-order valence-corrected chi connectivity index (χ0v) is 12.0. The first-order chi connectivity index (χ1) is 10.3. The molecule has 0 aliphatic carbocycles. The van der Waals surface area contributed by atoms with E-state index in [0.717, 1.165) is 30.8 Å². The van der Waals surface area contributed by atoms with Crippen molar-refractivity contribution >= 4 is 12.0 Å². The van der Waals surface area contributed by atoms with Gasteiger partial charge in [0, 0.05) is 19.0 Å². The van der Waals surface area contributed by atoms with E-state index in [1.54, 1.807) is 4.90 Å². The van der Waals surface area contributed by atoms with Crippen LogP contribution in [0.4, 0.5) is 4.79 Å². The average molecular weight is 288 g/mol. The molecule has 1 aromatic carbocycles. The molecule has 2 heterocycles. The molecular formula is C16H20N2O3. The van der Waals surface area contributed by atoms with E-state index in [1.165, 1.54) is 0 Å². The molecule has 1 saturated heterocycles. The van der Waals surface area contributed by atoms with Crippen LogP contribution in [-0.2, 0) is 16.1 Å². The minimum atomic E-state index is -0.230. The zero-order chi connectivity index (χ0) is 14.5. The second-order valence-corrected chi connectivity index (χ2v) is 5.37. The third kappa shape index (κ3) is 3.54. The summed E-state index contributed by atoms with van der Waals surface area (Å²) in [5, 5.41) is 0. The lowest BCUT2D eigenvalue weighted by Gasteiger charge is -2.30. The Bertz CT molecular complexity index is 508. The van der Waals surface area contributed by atoms with Gasteiger partial charge >= 0.3 is 6.09 Å². The fraction of sp³-hybridized carbons (Fsp3) is 0.500. The van der Waals surface area contributed by atoms with Crippen molar-refractivity contribution in [1.29, 1.82) is 0 Å². The summed E-state index contributed by atoms with van der Waals surface area (Å²) in [5.41, 5.74) is 1.01. The molecule has 5 heteroatoms. The highest BCUT2D eigenvalue weighted by molar-refractivity contribution is 5.80. The first kappa shape index (κ1) is 13.9. The first-order valence-electron chi connectivity index (χ1n) is 7.46. The van der Waals surface area contributed by atoms with Crippen LogP contribution in [0.5, 0.6) is 0 Å². The fourth-order valence-corrected chi connectivity index (χ4v) is 2.72. The van der Waals surface area contributed by atoms with Crippen molar-refractivity contribution in [3.05, 3.63) is 35.9 Å². The van der Waals surface area contributed by atoms with E-state index in [2.05, 4.69) is 4.99 Å². The predicted molar refractivity (Wildman–Crippen MR) is 79.2 cm³/mol. The van der Waals surface area contributed by atoms with Crippen molar-refractivity contribution < 1.29 is 14.3 Å². The number of amides is 1. The lowest BCUT2D eigenvalue weighted by Crippen LogP contribution is -2.40. The number of nitrogens with zero attached hydrogens (tertiary/aromatic N) is 2. The molecule has 2 aliphatic rings. The quantitative estimate of drug-likeness (QED) is 0.858. The molecule has 0 atom stereocenters. The summed E-state index contributed by atoms with van der Waals surface area (Å²) in [6, 6.07) is 9.74. The topological polar surface area (TPSA) is 51.1 Å². The number of hydrogen-bond donors (Lipinski definition) is 0. The van der Waals surface area contributed by atoms with E-state index in [-0.39, 0.29) is 6.09 Å². The third-order valence-electron chi connectivity index (χ3n) is 3.92. The normalized spacial score (nSPS) is 19.0. The number of likely N-dealkylation sites (tertiary alicyclic amines) is 1. The highest BCUT2D eigenvalue weighted by Gasteiger charge is 2.28. The Kier molecular flexibility index (Phi) is 4.38. The molecule has 2 aliphatic heterocycles. The molecule has 0 aromatic heterocycles. The number of carbonyl (C=O) groups excluding carboxylic acids is 1. The van der Waals surface area contributed by atoms with Crippen molar-refractivity contribution in [1.82, 2.24) is 4.90 Å². The van der Waals surface area contributed by atoms with Crippen LogP contribution in [-0.4, -0.2) is 43.1 Å². The van der Waals surface area contributed by atoms with Crippen LogP contribution < -0.4 is 0 Å². The summed E-state index contributed by atoms with van der Waals surface area (Å²) in [7, 11) is 0. The van der Waals surface area contributed by atoms with E-state index in [4.69, 9.17) is 9.47 Å². The van der Waals surface area contributed by atoms with Gasteiger partial charge in [-0.2, -0.15) is 0 Å². The van der Waals surface area contributed by atoms with E-state index in [0.29, 0.717) is 32.2 Å². The molecule has 1 amide bonds. The zero-order valence-electron chi connectivity index (χ0n) is 12.0. The van der Waals surface area contributed by atoms with Crippen LogP contribution in [0.15, 0.2) is 35.3 Å². The summed E-state index contributed by atoms with van der Waals surface area (Å²) in [6.07, 6.45) is 1.57. The standard InChI is InChI=1S/C16H20N2O3/c19-16(21-12-13-4-2-1-3-5-13)18-9-6-14(7-10-18)15-17-8-11-20-15/h1-5,14H,6-12H2. The highest BCUT2D eigenvalue weighted by Crippen LogP contribution is 2.21. The molecule has 5 nitrogen and oxygen atoms in total. The Morgan fingerprint density at radius 2 is 2.05 bits per heavy atom. The summed E-state index contributed by atoms with van der Waals surface area (Å²) in [5.74, 6) is 1.25. The van der Waals surface area contributed by atoms with Gasteiger partial charge in [-0.05, 0) is 18.4 Å². The lowest BCUT2D eigenvalue weighted by molar-refractivity contribution is 0.0850. The Morgan fingerprint density at radius 3 is 2.71 bits per heavy atom. The number of ether oxygens (including phenoxy) is 2. The van der Waals surface area contributed by atoms with Crippen molar-refractivity contribution in [3.8, 4) is 0 Å². The molecule has 0 N–H and O–H groups in total. The summed E-state index contributed by atoms with van der Waals surface area (Å²) < 4.78 is 10.9. The van der Waals surface area contributed by atoms with Crippen LogP contribution in [0.25, 0.3) is 0 Å². The maximum atomic E-state index is 12.0. The van der Waals surface area contributed by atoms with Gasteiger partial charge in [0.15, 0.2) is 5.90 Å². The van der Waals surface area contributed by atoms with E-state index in [9.17, 15) is 4.79 Å². The van der Waals surface area contributed by atoms with Gasteiger partial charge in [-0.3, -0.25) is 4.99 Å². The third-order valence-corrected chi connectivity index (χ3v) is 3.92. The molecule has 0 spiro atoms. The predicted octanol–water partition coefficient (Wildman–Crippen LogP) is 2.46. The van der Waals surface area contributed by atoms with Gasteiger partial charge in [0.2, 0.25) is 0 Å². The van der Waals surface area contributed by atoms with Gasteiger partial charge in [-0.25, -0.2) is 4.79 Å². The van der Waals surface area contributed by atoms with Crippen LogP contribution in [0.2, 0.25) is 0 Å². The first-order valence-corrected chi connectivity index (χ1v) is 7.46. The van der Waals surface area contributed by atoms with Gasteiger partial charge < -0.3 is 14.4 Å². The molecule has 0 unspecified atom stereocenters. The Balaban J connectivity index is 1.44. The van der Waals surface area contributed by atoms with Crippen molar-refractivity contribution in [2.24, 2.45) is 10.9 Å². The Morgan fingerprint density at radius 1 is 1.29 bits per heavy atom. The van der Waals surface area contributed by atoms with Gasteiger partial charge in [0.1, 0.15) is 13.2 Å². The molecular weight excluding hydrogens is 268 g/mol. The van der Waals surface area contributed by atoms with E-state index >= 15 is 0 Å². The van der Waals surface area contributed by atoms with Crippen LogP contribution in [0.3, 0.4) is 0 Å². The number of carbonyl (C=O) groups is 1. The number of benzene rings is 1. The molecule has 112 valence electrons. The molecule has 0 saturated carbocycles. The highest BCUT2D eigenvalue weighted by atomic mass is 16.6. The minimum Gasteiger partial charge on any atom is -0.479 e. The number of rotatable bonds is 3. The van der Waals surface area contributed by atoms with Crippen molar-refractivity contribution in [2.75, 3.05) is 26.2 Å². The monoisotopic (exact) mass is 288 g/mol. The van der Waals surface area contributed by atoms with E-state index in [1.807, 2.05) is 30.3 Å². The average Bonchev–Trinajstić information content (AvgIpc) is 3.08. The van der Waals surface area contributed by atoms with Gasteiger partial charge in [-0.1, -0.05) is 30.3 Å². The molecule has 1 aromatic rings. The smallest absolute Gasteiger partial charge is 0.410 e. The fourth-order valence-electron chi connectivity index (χ4n) is 2.72. The molecule has 1 fully saturated rings. The van der Waals surface area contributed by atoms with Crippen molar-refractivity contribution in [2.45, 2.75) is 19.4 Å². The summed E-state index contributed by atoms with van der Waals surface area (Å²) in [6.45, 7) is 3.22.